The predicted octanol–water partition coefficient (Wildman–Crippen LogP) is 2.40. The lowest BCUT2D eigenvalue weighted by molar-refractivity contribution is -0.384. The van der Waals surface area contributed by atoms with Crippen molar-refractivity contribution < 1.29 is 4.92 Å². The van der Waals surface area contributed by atoms with Gasteiger partial charge in [0.15, 0.2) is 5.82 Å². The Morgan fingerprint density at radius 1 is 1.40 bits per heavy atom. The minimum absolute atomic E-state index is 0.00930. The van der Waals surface area contributed by atoms with Crippen molar-refractivity contribution in [3.8, 4) is 5.82 Å². The number of aromatic nitrogens is 3. The largest absolute Gasteiger partial charge is 0.373 e. The van der Waals surface area contributed by atoms with E-state index in [0.29, 0.717) is 11.6 Å². The Morgan fingerprint density at radius 3 is 2.60 bits per heavy atom. The average molecular weight is 275 g/mol. The molecule has 2 aromatic heterocycles. The lowest BCUT2D eigenvalue weighted by Crippen LogP contribution is -2.06. The summed E-state index contributed by atoms with van der Waals surface area (Å²) in [6, 6.07) is 2.83. The first-order chi connectivity index (χ1) is 9.47. The van der Waals surface area contributed by atoms with Crippen LogP contribution in [0.1, 0.15) is 23.9 Å². The number of hydrogen-bond acceptors (Lipinski definition) is 5. The molecule has 20 heavy (non-hydrogen) atoms. The molecular weight excluding hydrogens is 258 g/mol. The van der Waals surface area contributed by atoms with Crippen LogP contribution in [0.3, 0.4) is 0 Å². The van der Waals surface area contributed by atoms with Crippen LogP contribution in [0, 0.1) is 24.0 Å². The normalized spacial score (nSPS) is 10.6. The van der Waals surface area contributed by atoms with E-state index in [1.165, 1.54) is 12.1 Å². The van der Waals surface area contributed by atoms with E-state index in [9.17, 15) is 10.1 Å². The molecule has 1 N–H and O–H groups in total. The quantitative estimate of drug-likeness (QED) is 0.684. The van der Waals surface area contributed by atoms with Crippen LogP contribution >= 0.6 is 0 Å². The summed E-state index contributed by atoms with van der Waals surface area (Å²) in [4.78, 5) is 14.9. The fraction of sp³-hybridized carbons (Fsp3) is 0.385. The van der Waals surface area contributed by atoms with Crippen LogP contribution in [0.4, 0.5) is 11.5 Å². The van der Waals surface area contributed by atoms with Crippen LogP contribution in [0.15, 0.2) is 12.1 Å². The maximum atomic E-state index is 11.0. The fourth-order valence-electron chi connectivity index (χ4n) is 2.25. The first kappa shape index (κ1) is 14.0. The zero-order valence-electron chi connectivity index (χ0n) is 12.0. The molecule has 0 fully saturated rings. The summed E-state index contributed by atoms with van der Waals surface area (Å²) in [5, 5.41) is 18.2. The molecule has 2 rings (SSSR count). The summed E-state index contributed by atoms with van der Waals surface area (Å²) >= 11 is 0. The van der Waals surface area contributed by atoms with Gasteiger partial charge in [0.2, 0.25) is 0 Å². The Hall–Kier alpha value is -2.44. The van der Waals surface area contributed by atoms with Crippen LogP contribution in [0.5, 0.6) is 0 Å². The van der Waals surface area contributed by atoms with Gasteiger partial charge < -0.3 is 5.32 Å². The zero-order valence-corrected chi connectivity index (χ0v) is 12.0. The van der Waals surface area contributed by atoms with E-state index in [1.54, 1.807) is 11.7 Å². The summed E-state index contributed by atoms with van der Waals surface area (Å²) in [6.45, 7) is 5.93. The van der Waals surface area contributed by atoms with Gasteiger partial charge in [-0.15, -0.1) is 0 Å². The van der Waals surface area contributed by atoms with Crippen LogP contribution in [-0.4, -0.2) is 26.7 Å². The molecule has 0 aromatic carbocycles. The lowest BCUT2D eigenvalue weighted by Gasteiger charge is -2.06. The monoisotopic (exact) mass is 275 g/mol. The third-order valence-electron chi connectivity index (χ3n) is 3.28. The topological polar surface area (TPSA) is 85.9 Å². The molecule has 0 amide bonds. The van der Waals surface area contributed by atoms with Gasteiger partial charge in [0.1, 0.15) is 5.82 Å². The number of nitrogens with one attached hydrogen (secondary N) is 1. The van der Waals surface area contributed by atoms with Crippen molar-refractivity contribution in [2.75, 3.05) is 12.4 Å². The summed E-state index contributed by atoms with van der Waals surface area (Å²) in [5.41, 5.74) is 3.01. The molecule has 106 valence electrons. The summed E-state index contributed by atoms with van der Waals surface area (Å²) in [5.74, 6) is 0.892. The third kappa shape index (κ3) is 2.34. The van der Waals surface area contributed by atoms with Crippen molar-refractivity contribution in [2.45, 2.75) is 27.2 Å². The van der Waals surface area contributed by atoms with Gasteiger partial charge in [-0.2, -0.15) is 5.10 Å². The zero-order chi connectivity index (χ0) is 14.9. The Morgan fingerprint density at radius 2 is 2.10 bits per heavy atom. The maximum Gasteiger partial charge on any atom is 0.276 e. The van der Waals surface area contributed by atoms with Gasteiger partial charge in [0.25, 0.3) is 5.69 Å². The molecule has 0 aliphatic rings. The first-order valence-electron chi connectivity index (χ1n) is 6.37. The molecule has 2 heterocycles. The molecule has 0 aliphatic carbocycles. The Labute approximate surface area is 116 Å². The molecule has 0 saturated heterocycles. The number of nitrogens with zero attached hydrogens (tertiary/aromatic N) is 4. The van der Waals surface area contributed by atoms with E-state index in [0.717, 1.165) is 23.4 Å². The molecule has 0 aliphatic heterocycles. The standard InChI is InChI=1S/C13H17N5O2/c1-5-11-8(2)16-17(9(11)3)13-7-10(18(19)20)6-12(14-4)15-13/h6-7H,5H2,1-4H3,(H,14,15). The maximum absolute atomic E-state index is 11.0. The smallest absolute Gasteiger partial charge is 0.276 e. The summed E-state index contributed by atoms with van der Waals surface area (Å²) < 4.78 is 1.65. The summed E-state index contributed by atoms with van der Waals surface area (Å²) in [6.07, 6.45) is 0.867. The SMILES string of the molecule is CCc1c(C)nn(-c2cc([N+](=O)[O-])cc(NC)n2)c1C. The highest BCUT2D eigenvalue weighted by molar-refractivity contribution is 5.50. The first-order valence-corrected chi connectivity index (χ1v) is 6.37. The molecule has 0 bridgehead atoms. The average Bonchev–Trinajstić information content (AvgIpc) is 2.72. The molecule has 0 spiro atoms. The highest BCUT2D eigenvalue weighted by atomic mass is 16.6. The Balaban J connectivity index is 2.63. The van der Waals surface area contributed by atoms with Crippen molar-refractivity contribution in [3.05, 3.63) is 39.2 Å². The summed E-state index contributed by atoms with van der Waals surface area (Å²) in [7, 11) is 1.68. The van der Waals surface area contributed by atoms with Crippen LogP contribution < -0.4 is 5.32 Å². The van der Waals surface area contributed by atoms with Gasteiger partial charge in [0, 0.05) is 12.7 Å². The second-order valence-corrected chi connectivity index (χ2v) is 4.49. The van der Waals surface area contributed by atoms with Crippen molar-refractivity contribution in [3.63, 3.8) is 0 Å². The van der Waals surface area contributed by atoms with E-state index in [4.69, 9.17) is 0 Å². The van der Waals surface area contributed by atoms with Crippen molar-refractivity contribution in [2.24, 2.45) is 0 Å². The van der Waals surface area contributed by atoms with Crippen LogP contribution in [0.2, 0.25) is 0 Å². The van der Waals surface area contributed by atoms with E-state index in [1.807, 2.05) is 13.8 Å². The van der Waals surface area contributed by atoms with E-state index in [-0.39, 0.29) is 5.69 Å². The van der Waals surface area contributed by atoms with E-state index >= 15 is 0 Å². The fourth-order valence-corrected chi connectivity index (χ4v) is 2.25. The number of anilines is 1. The van der Waals surface area contributed by atoms with E-state index < -0.39 is 4.92 Å². The van der Waals surface area contributed by atoms with Crippen LogP contribution in [0.25, 0.3) is 5.82 Å². The number of rotatable bonds is 4. The van der Waals surface area contributed by atoms with Crippen molar-refractivity contribution >= 4 is 11.5 Å². The van der Waals surface area contributed by atoms with Gasteiger partial charge >= 0.3 is 0 Å². The number of pyridine rings is 1. The van der Waals surface area contributed by atoms with Crippen molar-refractivity contribution in [1.29, 1.82) is 0 Å². The van der Waals surface area contributed by atoms with Crippen LogP contribution in [-0.2, 0) is 6.42 Å². The number of nitro groups is 1. The third-order valence-corrected chi connectivity index (χ3v) is 3.28. The van der Waals surface area contributed by atoms with Gasteiger partial charge in [-0.1, -0.05) is 6.92 Å². The van der Waals surface area contributed by atoms with Gasteiger partial charge in [-0.05, 0) is 25.8 Å². The second kappa shape index (κ2) is 5.28. The van der Waals surface area contributed by atoms with Gasteiger partial charge in [-0.25, -0.2) is 9.67 Å². The van der Waals surface area contributed by atoms with E-state index in [2.05, 4.69) is 22.3 Å². The minimum Gasteiger partial charge on any atom is -0.373 e. The minimum atomic E-state index is -0.432. The molecule has 0 unspecified atom stereocenters. The van der Waals surface area contributed by atoms with Gasteiger partial charge in [0.05, 0.1) is 22.7 Å². The molecule has 7 nitrogen and oxygen atoms in total. The molecule has 0 radical (unpaired) electrons. The number of aryl methyl sites for hydroxylation is 1. The predicted molar refractivity (Wildman–Crippen MR) is 76.4 cm³/mol. The highest BCUT2D eigenvalue weighted by Gasteiger charge is 2.16. The Kier molecular flexibility index (Phi) is 3.69. The Bertz CT molecular complexity index is 663. The molecule has 2 aromatic rings. The highest BCUT2D eigenvalue weighted by Crippen LogP contribution is 2.22. The second-order valence-electron chi connectivity index (χ2n) is 4.49. The number of hydrogen-bond donors (Lipinski definition) is 1. The molecular formula is C13H17N5O2. The van der Waals surface area contributed by atoms with Crippen molar-refractivity contribution in [1.82, 2.24) is 14.8 Å². The molecule has 7 heteroatoms. The lowest BCUT2D eigenvalue weighted by atomic mass is 10.1. The van der Waals surface area contributed by atoms with Gasteiger partial charge in [-0.3, -0.25) is 10.1 Å². The molecule has 0 atom stereocenters. The molecule has 0 saturated carbocycles.